The van der Waals surface area contributed by atoms with Crippen LogP contribution in [0.25, 0.3) is 17.0 Å². The van der Waals surface area contributed by atoms with Gasteiger partial charge in [-0.2, -0.15) is 0 Å². The maximum absolute atomic E-state index is 8.99. The molecule has 6 heteroatoms. The van der Waals surface area contributed by atoms with Gasteiger partial charge in [0.05, 0.1) is 25.3 Å². The molecule has 2 heterocycles. The van der Waals surface area contributed by atoms with Gasteiger partial charge in [0.25, 0.3) is 0 Å². The van der Waals surface area contributed by atoms with Crippen molar-refractivity contribution in [3.05, 3.63) is 36.2 Å². The minimum absolute atomic E-state index is 0.0425. The molecular weight excluding hydrogens is 340 g/mol. The van der Waals surface area contributed by atoms with Gasteiger partial charge in [-0.15, -0.1) is 0 Å². The first-order valence-electron chi connectivity index (χ1n) is 9.94. The number of morpholine rings is 1. The van der Waals surface area contributed by atoms with Crippen LogP contribution in [-0.4, -0.2) is 65.0 Å². The van der Waals surface area contributed by atoms with Crippen molar-refractivity contribution in [3.8, 4) is 0 Å². The van der Waals surface area contributed by atoms with Crippen molar-refractivity contribution in [2.75, 3.05) is 38.2 Å². The molecule has 0 bridgehead atoms. The summed E-state index contributed by atoms with van der Waals surface area (Å²) in [7, 11) is 0. The highest BCUT2D eigenvalue weighted by molar-refractivity contribution is 5.90. The Hall–Kier alpha value is -2.02. The van der Waals surface area contributed by atoms with Crippen molar-refractivity contribution in [3.63, 3.8) is 0 Å². The summed E-state index contributed by atoms with van der Waals surface area (Å²) in [5, 5.41) is 13.7. The van der Waals surface area contributed by atoms with Gasteiger partial charge in [0.2, 0.25) is 0 Å². The Morgan fingerprint density at radius 3 is 2.74 bits per heavy atom. The predicted molar refractivity (Wildman–Crippen MR) is 108 cm³/mol. The van der Waals surface area contributed by atoms with E-state index in [0.29, 0.717) is 12.1 Å². The first-order chi connectivity index (χ1) is 13.3. The summed E-state index contributed by atoms with van der Waals surface area (Å²) in [5.41, 5.74) is 1.99. The monoisotopic (exact) mass is 368 g/mol. The summed E-state index contributed by atoms with van der Waals surface area (Å²) in [4.78, 5) is 11.5. The molecule has 0 atom stereocenters. The molecule has 2 aliphatic rings. The first kappa shape index (κ1) is 18.3. The molecule has 0 amide bonds. The van der Waals surface area contributed by atoms with Crippen LogP contribution in [0, 0.1) is 0 Å². The number of benzene rings is 1. The molecule has 2 aromatic rings. The number of aliphatic hydroxyl groups excluding tert-OH is 1. The Labute approximate surface area is 160 Å². The molecule has 1 saturated carbocycles. The fourth-order valence-electron chi connectivity index (χ4n) is 4.20. The van der Waals surface area contributed by atoms with Crippen LogP contribution in [0.15, 0.2) is 30.6 Å². The lowest BCUT2D eigenvalue weighted by atomic mass is 9.90. The minimum atomic E-state index is 0.0425. The zero-order chi connectivity index (χ0) is 18.5. The number of ether oxygens (including phenoxy) is 1. The van der Waals surface area contributed by atoms with Crippen LogP contribution in [0.2, 0.25) is 0 Å². The third-order valence-electron chi connectivity index (χ3n) is 5.67. The predicted octanol–water partition coefficient (Wildman–Crippen LogP) is 2.69. The molecule has 6 nitrogen and oxygen atoms in total. The summed E-state index contributed by atoms with van der Waals surface area (Å²) >= 11 is 0. The Morgan fingerprint density at radius 2 is 1.96 bits per heavy atom. The van der Waals surface area contributed by atoms with E-state index in [4.69, 9.17) is 9.84 Å². The van der Waals surface area contributed by atoms with Crippen molar-refractivity contribution in [1.82, 2.24) is 14.9 Å². The number of hydrogen-bond acceptors (Lipinski definition) is 6. The lowest BCUT2D eigenvalue weighted by Gasteiger charge is -2.39. The van der Waals surface area contributed by atoms with E-state index in [1.54, 1.807) is 12.4 Å². The first-order valence-corrected chi connectivity index (χ1v) is 9.94. The molecule has 2 N–H and O–H groups in total. The normalized spacial score (nSPS) is 24.5. The van der Waals surface area contributed by atoms with Gasteiger partial charge in [-0.3, -0.25) is 4.90 Å². The largest absolute Gasteiger partial charge is 0.392 e. The average molecular weight is 368 g/mol. The van der Waals surface area contributed by atoms with Gasteiger partial charge in [-0.05, 0) is 43.4 Å². The number of hydrogen-bond donors (Lipinski definition) is 2. The van der Waals surface area contributed by atoms with Crippen LogP contribution in [0.5, 0.6) is 0 Å². The van der Waals surface area contributed by atoms with E-state index in [9.17, 15) is 0 Å². The topological polar surface area (TPSA) is 70.5 Å². The van der Waals surface area contributed by atoms with E-state index >= 15 is 0 Å². The highest BCUT2D eigenvalue weighted by Crippen LogP contribution is 2.28. The molecule has 1 aliphatic carbocycles. The number of fused-ring (bicyclic) bond motifs is 1. The van der Waals surface area contributed by atoms with Crippen molar-refractivity contribution in [2.24, 2.45) is 0 Å². The second-order valence-electron chi connectivity index (χ2n) is 7.38. The highest BCUT2D eigenvalue weighted by Gasteiger charge is 2.27. The summed E-state index contributed by atoms with van der Waals surface area (Å²) < 4.78 is 5.48. The molecular formula is C21H28N4O2. The average Bonchev–Trinajstić information content (AvgIpc) is 2.74. The van der Waals surface area contributed by atoms with Crippen LogP contribution >= 0.6 is 0 Å². The van der Waals surface area contributed by atoms with E-state index in [1.165, 1.54) is 12.8 Å². The molecule has 1 saturated heterocycles. The van der Waals surface area contributed by atoms with Crippen LogP contribution in [0.4, 0.5) is 5.82 Å². The Kier molecular flexibility index (Phi) is 5.97. The SMILES string of the molecule is OC/C=C/c1ccc2ncnc(N[C@H]3CC[C@H](N4CCOCC4)CC3)c2c1. The zero-order valence-corrected chi connectivity index (χ0v) is 15.7. The van der Waals surface area contributed by atoms with Crippen molar-refractivity contribution >= 4 is 22.8 Å². The molecule has 4 rings (SSSR count). The molecule has 144 valence electrons. The van der Waals surface area contributed by atoms with Crippen molar-refractivity contribution in [1.29, 1.82) is 0 Å². The number of nitrogens with zero attached hydrogens (tertiary/aromatic N) is 3. The zero-order valence-electron chi connectivity index (χ0n) is 15.7. The third kappa shape index (κ3) is 4.46. The molecule has 1 aromatic carbocycles. The molecule has 27 heavy (non-hydrogen) atoms. The Morgan fingerprint density at radius 1 is 1.15 bits per heavy atom. The van der Waals surface area contributed by atoms with E-state index in [-0.39, 0.29) is 6.61 Å². The van der Waals surface area contributed by atoms with Gasteiger partial charge in [-0.1, -0.05) is 18.2 Å². The van der Waals surface area contributed by atoms with Gasteiger partial charge in [0, 0.05) is 30.6 Å². The quantitative estimate of drug-likeness (QED) is 0.846. The van der Waals surface area contributed by atoms with E-state index in [1.807, 2.05) is 18.2 Å². The number of anilines is 1. The second-order valence-corrected chi connectivity index (χ2v) is 7.38. The van der Waals surface area contributed by atoms with Crippen LogP contribution in [-0.2, 0) is 4.74 Å². The molecule has 1 aromatic heterocycles. The Balaban J connectivity index is 1.43. The van der Waals surface area contributed by atoms with Crippen molar-refractivity contribution < 1.29 is 9.84 Å². The summed E-state index contributed by atoms with van der Waals surface area (Å²) in [6.07, 6.45) is 10.1. The summed E-state index contributed by atoms with van der Waals surface area (Å²) in [6.45, 7) is 3.93. The van der Waals surface area contributed by atoms with Gasteiger partial charge < -0.3 is 15.2 Å². The smallest absolute Gasteiger partial charge is 0.137 e. The molecule has 0 unspecified atom stereocenters. The third-order valence-corrected chi connectivity index (χ3v) is 5.67. The fourth-order valence-corrected chi connectivity index (χ4v) is 4.20. The van der Waals surface area contributed by atoms with Gasteiger partial charge in [0.1, 0.15) is 12.1 Å². The fraction of sp³-hybridized carbons (Fsp3) is 0.524. The minimum Gasteiger partial charge on any atom is -0.392 e. The lowest BCUT2D eigenvalue weighted by Crippen LogP contribution is -2.46. The van der Waals surface area contributed by atoms with Crippen molar-refractivity contribution in [2.45, 2.75) is 37.8 Å². The molecule has 0 spiro atoms. The number of rotatable bonds is 5. The standard InChI is InChI=1S/C21H28N4O2/c26-11-1-2-16-3-8-20-19(14-16)21(23-15-22-20)24-17-4-6-18(7-5-17)25-9-12-27-13-10-25/h1-3,8,14-15,17-18,26H,4-7,9-13H2,(H,22,23,24)/b2-1+/t17-,18-. The molecule has 2 fully saturated rings. The van der Waals surface area contributed by atoms with Gasteiger partial charge >= 0.3 is 0 Å². The van der Waals surface area contributed by atoms with E-state index in [0.717, 1.165) is 61.4 Å². The van der Waals surface area contributed by atoms with Crippen LogP contribution in [0.1, 0.15) is 31.2 Å². The molecule has 0 radical (unpaired) electrons. The summed E-state index contributed by atoms with van der Waals surface area (Å²) in [5.74, 6) is 0.911. The maximum atomic E-state index is 8.99. The maximum Gasteiger partial charge on any atom is 0.137 e. The van der Waals surface area contributed by atoms with E-state index < -0.39 is 0 Å². The number of aliphatic hydroxyl groups is 1. The summed E-state index contributed by atoms with van der Waals surface area (Å²) in [6, 6.07) is 7.26. The number of nitrogens with one attached hydrogen (secondary N) is 1. The van der Waals surface area contributed by atoms with Gasteiger partial charge in [0.15, 0.2) is 0 Å². The second kappa shape index (κ2) is 8.78. The van der Waals surface area contributed by atoms with Crippen LogP contribution in [0.3, 0.4) is 0 Å². The highest BCUT2D eigenvalue weighted by atomic mass is 16.5. The van der Waals surface area contributed by atoms with E-state index in [2.05, 4.69) is 26.3 Å². The van der Waals surface area contributed by atoms with Gasteiger partial charge in [-0.25, -0.2) is 9.97 Å². The lowest BCUT2D eigenvalue weighted by molar-refractivity contribution is 0.00791. The molecule has 1 aliphatic heterocycles. The van der Waals surface area contributed by atoms with Crippen LogP contribution < -0.4 is 5.32 Å². The number of aromatic nitrogens is 2. The Bertz CT molecular complexity index is 781.